The second-order valence-corrected chi connectivity index (χ2v) is 7.62. The first kappa shape index (κ1) is 21.8. The third-order valence-corrected chi connectivity index (χ3v) is 5.06. The summed E-state index contributed by atoms with van der Waals surface area (Å²) in [5.74, 6) is -0.305. The summed E-state index contributed by atoms with van der Waals surface area (Å²) in [6.45, 7) is 5.92. The molecule has 2 heterocycles. The van der Waals surface area contributed by atoms with Crippen molar-refractivity contribution in [2.45, 2.75) is 25.9 Å². The Balaban J connectivity index is 1.51. The molecule has 0 aliphatic carbocycles. The minimum absolute atomic E-state index is 0.172. The fraction of sp³-hybridized carbons (Fsp3) is 0.476. The van der Waals surface area contributed by atoms with Crippen LogP contribution in [0.4, 0.5) is 4.39 Å². The first-order valence-electron chi connectivity index (χ1n) is 10.1. The summed E-state index contributed by atoms with van der Waals surface area (Å²) in [7, 11) is 1.86. The number of likely N-dealkylation sites (N-methyl/N-ethyl adjacent to an activating group) is 1. The van der Waals surface area contributed by atoms with E-state index in [1.807, 2.05) is 25.8 Å². The van der Waals surface area contributed by atoms with Crippen LogP contribution in [0.15, 0.2) is 36.5 Å². The highest BCUT2D eigenvalue weighted by molar-refractivity contribution is 5.93. The second-order valence-electron chi connectivity index (χ2n) is 7.62. The Morgan fingerprint density at radius 3 is 2.80 bits per heavy atom. The van der Waals surface area contributed by atoms with Crippen molar-refractivity contribution in [2.24, 2.45) is 0 Å². The summed E-state index contributed by atoms with van der Waals surface area (Å²) >= 11 is 0. The quantitative estimate of drug-likeness (QED) is 0.692. The highest BCUT2D eigenvalue weighted by Gasteiger charge is 2.33. The number of nitrogens with one attached hydrogen (secondary N) is 1. The first-order chi connectivity index (χ1) is 14.3. The predicted octanol–water partition coefficient (Wildman–Crippen LogP) is 1.55. The van der Waals surface area contributed by atoms with Crippen LogP contribution in [-0.2, 0) is 4.79 Å². The SMILES string of the molecule is CC(C)n1ccc(C(=O)N2CCN(C)[C@H](C(=O)NCCOc3cccc(F)c3)C2)n1. The molecular formula is C21H28FN5O3. The predicted molar refractivity (Wildman–Crippen MR) is 110 cm³/mol. The van der Waals surface area contributed by atoms with Gasteiger partial charge in [-0.05, 0) is 39.1 Å². The van der Waals surface area contributed by atoms with Gasteiger partial charge in [-0.3, -0.25) is 19.2 Å². The molecule has 1 fully saturated rings. The third kappa shape index (κ3) is 5.35. The largest absolute Gasteiger partial charge is 0.492 e. The zero-order valence-electron chi connectivity index (χ0n) is 17.5. The Hall–Kier alpha value is -2.94. The average Bonchev–Trinajstić information content (AvgIpc) is 3.21. The maximum absolute atomic E-state index is 13.2. The highest BCUT2D eigenvalue weighted by Crippen LogP contribution is 2.14. The number of aromatic nitrogens is 2. The molecule has 0 spiro atoms. The number of carbonyl (C=O) groups excluding carboxylic acids is 2. The maximum Gasteiger partial charge on any atom is 0.274 e. The van der Waals surface area contributed by atoms with E-state index in [-0.39, 0.29) is 36.8 Å². The zero-order valence-corrected chi connectivity index (χ0v) is 17.5. The van der Waals surface area contributed by atoms with Gasteiger partial charge in [0.15, 0.2) is 0 Å². The average molecular weight is 417 g/mol. The van der Waals surface area contributed by atoms with Crippen LogP contribution in [0.2, 0.25) is 0 Å². The Morgan fingerprint density at radius 1 is 1.30 bits per heavy atom. The number of nitrogens with zero attached hydrogens (tertiary/aromatic N) is 4. The molecule has 9 heteroatoms. The summed E-state index contributed by atoms with van der Waals surface area (Å²) in [5, 5.41) is 7.17. The molecule has 0 radical (unpaired) electrons. The van der Waals surface area contributed by atoms with Gasteiger partial charge in [-0.25, -0.2) is 4.39 Å². The van der Waals surface area contributed by atoms with Crippen molar-refractivity contribution in [1.82, 2.24) is 24.9 Å². The van der Waals surface area contributed by atoms with E-state index in [1.54, 1.807) is 34.0 Å². The van der Waals surface area contributed by atoms with Gasteiger partial charge in [-0.2, -0.15) is 5.10 Å². The van der Waals surface area contributed by atoms with E-state index in [2.05, 4.69) is 10.4 Å². The number of ether oxygens (including phenoxy) is 1. The van der Waals surface area contributed by atoms with Gasteiger partial charge in [0.25, 0.3) is 5.91 Å². The molecule has 1 N–H and O–H groups in total. The van der Waals surface area contributed by atoms with Crippen LogP contribution in [0.5, 0.6) is 5.75 Å². The van der Waals surface area contributed by atoms with Crippen LogP contribution in [0.3, 0.4) is 0 Å². The topological polar surface area (TPSA) is 79.7 Å². The van der Waals surface area contributed by atoms with Crippen LogP contribution < -0.4 is 10.1 Å². The molecular weight excluding hydrogens is 389 g/mol. The Kier molecular flexibility index (Phi) is 7.04. The van der Waals surface area contributed by atoms with Crippen LogP contribution in [0.25, 0.3) is 0 Å². The minimum atomic E-state index is -0.455. The molecule has 2 aromatic rings. The van der Waals surface area contributed by atoms with Crippen molar-refractivity contribution < 1.29 is 18.7 Å². The number of piperazine rings is 1. The van der Waals surface area contributed by atoms with Crippen molar-refractivity contribution in [2.75, 3.05) is 39.8 Å². The molecule has 1 atom stereocenters. The van der Waals surface area contributed by atoms with Gasteiger partial charge in [0.05, 0.1) is 6.54 Å². The minimum Gasteiger partial charge on any atom is -0.492 e. The van der Waals surface area contributed by atoms with E-state index in [0.29, 0.717) is 31.1 Å². The summed E-state index contributed by atoms with van der Waals surface area (Å²) in [6, 6.07) is 7.28. The summed E-state index contributed by atoms with van der Waals surface area (Å²) in [4.78, 5) is 29.0. The van der Waals surface area contributed by atoms with E-state index in [4.69, 9.17) is 4.74 Å². The summed E-state index contributed by atoms with van der Waals surface area (Å²) in [6.07, 6.45) is 1.79. The monoisotopic (exact) mass is 417 g/mol. The van der Waals surface area contributed by atoms with Crippen LogP contribution in [-0.4, -0.2) is 77.3 Å². The smallest absolute Gasteiger partial charge is 0.274 e. The molecule has 1 aromatic carbocycles. The number of rotatable bonds is 7. The zero-order chi connectivity index (χ0) is 21.7. The van der Waals surface area contributed by atoms with E-state index < -0.39 is 6.04 Å². The lowest BCUT2D eigenvalue weighted by atomic mass is 10.1. The molecule has 1 aromatic heterocycles. The van der Waals surface area contributed by atoms with E-state index >= 15 is 0 Å². The Bertz CT molecular complexity index is 885. The van der Waals surface area contributed by atoms with Gasteiger partial charge in [-0.1, -0.05) is 6.07 Å². The van der Waals surface area contributed by atoms with Crippen LogP contribution in [0.1, 0.15) is 30.4 Å². The molecule has 1 aliphatic heterocycles. The molecule has 0 unspecified atom stereocenters. The highest BCUT2D eigenvalue weighted by atomic mass is 19.1. The number of amides is 2. The lowest BCUT2D eigenvalue weighted by molar-refractivity contribution is -0.127. The molecule has 8 nitrogen and oxygen atoms in total. The van der Waals surface area contributed by atoms with Gasteiger partial charge < -0.3 is 15.0 Å². The van der Waals surface area contributed by atoms with Crippen LogP contribution in [0, 0.1) is 5.82 Å². The lowest BCUT2D eigenvalue weighted by Gasteiger charge is -2.38. The molecule has 2 amide bonds. The van der Waals surface area contributed by atoms with E-state index in [1.165, 1.54) is 12.1 Å². The van der Waals surface area contributed by atoms with Crippen molar-refractivity contribution in [3.05, 3.63) is 48.0 Å². The number of hydrogen-bond acceptors (Lipinski definition) is 5. The van der Waals surface area contributed by atoms with E-state index in [0.717, 1.165) is 0 Å². The van der Waals surface area contributed by atoms with Gasteiger partial charge in [0, 0.05) is 37.9 Å². The van der Waals surface area contributed by atoms with Crippen molar-refractivity contribution in [1.29, 1.82) is 0 Å². The summed E-state index contributed by atoms with van der Waals surface area (Å²) < 4.78 is 20.4. The first-order valence-corrected chi connectivity index (χ1v) is 10.1. The second kappa shape index (κ2) is 9.71. The number of halogens is 1. The Morgan fingerprint density at radius 2 is 2.10 bits per heavy atom. The standard InChI is InChI=1S/C21H28FN5O3/c1-15(2)27-9-7-18(24-27)21(29)26-11-10-25(3)19(14-26)20(28)23-8-12-30-17-6-4-5-16(22)13-17/h4-7,9,13,15,19H,8,10-12,14H2,1-3H3,(H,23,28)/t19-/m0/s1. The van der Waals surface area contributed by atoms with Gasteiger partial charge in [0.1, 0.15) is 29.9 Å². The Labute approximate surface area is 175 Å². The van der Waals surface area contributed by atoms with Gasteiger partial charge in [-0.15, -0.1) is 0 Å². The number of carbonyl (C=O) groups is 2. The molecule has 30 heavy (non-hydrogen) atoms. The van der Waals surface area contributed by atoms with Crippen LogP contribution >= 0.6 is 0 Å². The molecule has 1 aliphatic rings. The fourth-order valence-electron chi connectivity index (χ4n) is 3.26. The maximum atomic E-state index is 13.2. The van der Waals surface area contributed by atoms with Crippen molar-refractivity contribution in [3.63, 3.8) is 0 Å². The summed E-state index contributed by atoms with van der Waals surface area (Å²) in [5.41, 5.74) is 0.385. The van der Waals surface area contributed by atoms with E-state index in [9.17, 15) is 14.0 Å². The molecule has 162 valence electrons. The van der Waals surface area contributed by atoms with Gasteiger partial charge >= 0.3 is 0 Å². The number of benzene rings is 1. The fourth-order valence-corrected chi connectivity index (χ4v) is 3.26. The molecule has 0 bridgehead atoms. The molecule has 1 saturated heterocycles. The normalized spacial score (nSPS) is 17.2. The third-order valence-electron chi connectivity index (χ3n) is 5.06. The lowest BCUT2D eigenvalue weighted by Crippen LogP contribution is -2.59. The van der Waals surface area contributed by atoms with Crippen molar-refractivity contribution >= 4 is 11.8 Å². The molecule has 0 saturated carbocycles. The number of hydrogen-bond donors (Lipinski definition) is 1. The van der Waals surface area contributed by atoms with Gasteiger partial charge in [0.2, 0.25) is 5.91 Å². The van der Waals surface area contributed by atoms with Crippen molar-refractivity contribution in [3.8, 4) is 5.75 Å². The molecule has 3 rings (SSSR count).